The lowest BCUT2D eigenvalue weighted by Gasteiger charge is -2.02. The summed E-state index contributed by atoms with van der Waals surface area (Å²) in [6.45, 7) is 0. The maximum atomic E-state index is 6.02. The number of nitrogens with zero attached hydrogens (tertiary/aromatic N) is 1. The van der Waals surface area contributed by atoms with Gasteiger partial charge in [-0.1, -0.05) is 48.5 Å². The molecule has 2 heteroatoms. The van der Waals surface area contributed by atoms with Crippen molar-refractivity contribution in [1.29, 1.82) is 0 Å². The van der Waals surface area contributed by atoms with E-state index in [-0.39, 0.29) is 0 Å². The zero-order chi connectivity index (χ0) is 16.6. The van der Waals surface area contributed by atoms with Crippen molar-refractivity contribution in [2.45, 2.75) is 0 Å². The van der Waals surface area contributed by atoms with E-state index in [0.29, 0.717) is 0 Å². The normalized spacial score (nSPS) is 11.2. The van der Waals surface area contributed by atoms with E-state index in [1.54, 1.807) is 6.20 Å². The van der Waals surface area contributed by atoms with E-state index in [1.165, 1.54) is 11.1 Å². The van der Waals surface area contributed by atoms with Gasteiger partial charge in [0.1, 0.15) is 11.2 Å². The van der Waals surface area contributed by atoms with E-state index >= 15 is 0 Å². The summed E-state index contributed by atoms with van der Waals surface area (Å²) in [6, 6.07) is 27.2. The second-order valence-corrected chi connectivity index (χ2v) is 6.13. The van der Waals surface area contributed by atoms with Crippen LogP contribution in [0.15, 0.2) is 95.7 Å². The summed E-state index contributed by atoms with van der Waals surface area (Å²) >= 11 is 0. The second-order valence-electron chi connectivity index (χ2n) is 6.13. The number of rotatable bonds is 2. The highest BCUT2D eigenvalue weighted by Crippen LogP contribution is 2.34. The van der Waals surface area contributed by atoms with Gasteiger partial charge in [0, 0.05) is 28.7 Å². The molecule has 0 radical (unpaired) electrons. The van der Waals surface area contributed by atoms with Gasteiger partial charge in [0.25, 0.3) is 0 Å². The summed E-state index contributed by atoms with van der Waals surface area (Å²) < 4.78 is 6.02. The molecule has 5 rings (SSSR count). The smallest absolute Gasteiger partial charge is 0.135 e. The summed E-state index contributed by atoms with van der Waals surface area (Å²) in [5.41, 5.74) is 6.49. The first kappa shape index (κ1) is 14.0. The predicted octanol–water partition coefficient (Wildman–Crippen LogP) is 6.32. The molecule has 3 aromatic carbocycles. The zero-order valence-electron chi connectivity index (χ0n) is 13.5. The first-order valence-corrected chi connectivity index (χ1v) is 8.31. The number of furan rings is 1. The van der Waals surface area contributed by atoms with Gasteiger partial charge >= 0.3 is 0 Å². The van der Waals surface area contributed by atoms with Gasteiger partial charge in [-0.25, -0.2) is 0 Å². The molecule has 0 unspecified atom stereocenters. The number of benzene rings is 3. The van der Waals surface area contributed by atoms with Crippen LogP contribution < -0.4 is 0 Å². The lowest BCUT2D eigenvalue weighted by Crippen LogP contribution is -1.79. The van der Waals surface area contributed by atoms with Crippen LogP contribution >= 0.6 is 0 Å². The molecule has 0 fully saturated rings. The van der Waals surface area contributed by atoms with E-state index in [9.17, 15) is 0 Å². The monoisotopic (exact) mass is 321 g/mol. The Morgan fingerprint density at radius 2 is 1.20 bits per heavy atom. The minimum absolute atomic E-state index is 0.910. The van der Waals surface area contributed by atoms with E-state index in [2.05, 4.69) is 65.6 Å². The third-order valence-corrected chi connectivity index (χ3v) is 4.57. The van der Waals surface area contributed by atoms with Crippen LogP contribution in [-0.4, -0.2) is 4.98 Å². The summed E-state index contributed by atoms with van der Waals surface area (Å²) in [5, 5.41) is 2.27. The van der Waals surface area contributed by atoms with Crippen molar-refractivity contribution < 1.29 is 4.42 Å². The summed E-state index contributed by atoms with van der Waals surface area (Å²) in [6.07, 6.45) is 3.68. The Morgan fingerprint density at radius 1 is 0.560 bits per heavy atom. The van der Waals surface area contributed by atoms with E-state index in [4.69, 9.17) is 4.42 Å². The molecule has 0 aliphatic carbocycles. The van der Waals surface area contributed by atoms with Gasteiger partial charge in [0.15, 0.2) is 0 Å². The lowest BCUT2D eigenvalue weighted by molar-refractivity contribution is 0.669. The van der Waals surface area contributed by atoms with E-state index in [1.807, 2.05) is 24.4 Å². The largest absolute Gasteiger partial charge is 0.456 e. The molecule has 2 heterocycles. The fraction of sp³-hybridized carbons (Fsp3) is 0. The molecule has 0 spiro atoms. The molecular weight excluding hydrogens is 306 g/mol. The maximum Gasteiger partial charge on any atom is 0.135 e. The minimum atomic E-state index is 0.910. The van der Waals surface area contributed by atoms with Gasteiger partial charge in [-0.05, 0) is 47.0 Å². The van der Waals surface area contributed by atoms with Crippen LogP contribution in [-0.2, 0) is 0 Å². The lowest BCUT2D eigenvalue weighted by atomic mass is 10.0. The number of pyridine rings is 1. The number of hydrogen-bond acceptors (Lipinski definition) is 2. The average Bonchev–Trinajstić information content (AvgIpc) is 3.06. The molecule has 118 valence electrons. The Kier molecular flexibility index (Phi) is 3.14. The van der Waals surface area contributed by atoms with Crippen molar-refractivity contribution >= 4 is 21.9 Å². The first-order chi connectivity index (χ1) is 12.4. The topological polar surface area (TPSA) is 26.0 Å². The highest BCUT2D eigenvalue weighted by Gasteiger charge is 2.10. The van der Waals surface area contributed by atoms with Crippen LogP contribution in [0.2, 0.25) is 0 Å². The Morgan fingerprint density at radius 3 is 1.84 bits per heavy atom. The summed E-state index contributed by atoms with van der Waals surface area (Å²) in [4.78, 5) is 4.22. The number of aromatic nitrogens is 1. The van der Waals surface area contributed by atoms with E-state index in [0.717, 1.165) is 33.1 Å². The molecule has 5 aromatic rings. The van der Waals surface area contributed by atoms with Crippen molar-refractivity contribution in [3.8, 4) is 22.3 Å². The van der Waals surface area contributed by atoms with Gasteiger partial charge in [-0.2, -0.15) is 0 Å². The average molecular weight is 321 g/mol. The molecule has 2 aromatic heterocycles. The summed E-state index contributed by atoms with van der Waals surface area (Å²) in [5.74, 6) is 0. The third kappa shape index (κ3) is 2.39. The quantitative estimate of drug-likeness (QED) is 0.380. The van der Waals surface area contributed by atoms with Crippen molar-refractivity contribution in [2.75, 3.05) is 0 Å². The van der Waals surface area contributed by atoms with E-state index < -0.39 is 0 Å². The highest BCUT2D eigenvalue weighted by atomic mass is 16.3. The van der Waals surface area contributed by atoms with Crippen LogP contribution in [0, 0.1) is 0 Å². The van der Waals surface area contributed by atoms with Crippen LogP contribution in [0.25, 0.3) is 44.2 Å². The van der Waals surface area contributed by atoms with Crippen molar-refractivity contribution in [1.82, 2.24) is 4.98 Å². The molecule has 0 aliphatic rings. The summed E-state index contributed by atoms with van der Waals surface area (Å²) in [7, 11) is 0. The van der Waals surface area contributed by atoms with Gasteiger partial charge in [-0.3, -0.25) is 4.98 Å². The molecule has 0 saturated heterocycles. The number of hydrogen-bond donors (Lipinski definition) is 0. The molecule has 0 N–H and O–H groups in total. The standard InChI is InChI=1S/C23H15NO/c1-2-5-16(6-3-1)17-8-10-22-20(13-17)21-14-18(9-11-23(21)25-22)19-7-4-12-24-15-19/h1-15H. The third-order valence-electron chi connectivity index (χ3n) is 4.57. The SMILES string of the molecule is c1ccc(-c2ccc3oc4ccc(-c5cccnc5)cc4c3c2)cc1. The van der Waals surface area contributed by atoms with Crippen LogP contribution in [0.1, 0.15) is 0 Å². The molecule has 0 amide bonds. The Hall–Kier alpha value is -3.39. The van der Waals surface area contributed by atoms with Crippen molar-refractivity contribution in [3.05, 3.63) is 91.3 Å². The van der Waals surface area contributed by atoms with Gasteiger partial charge < -0.3 is 4.42 Å². The minimum Gasteiger partial charge on any atom is -0.456 e. The Bertz CT molecular complexity index is 1080. The van der Waals surface area contributed by atoms with Crippen molar-refractivity contribution in [2.24, 2.45) is 0 Å². The Balaban J connectivity index is 1.73. The second kappa shape index (κ2) is 5.60. The molecule has 0 saturated carbocycles. The van der Waals surface area contributed by atoms with Crippen LogP contribution in [0.3, 0.4) is 0 Å². The zero-order valence-corrected chi connectivity index (χ0v) is 13.5. The van der Waals surface area contributed by atoms with Gasteiger partial charge in [0.05, 0.1) is 0 Å². The molecular formula is C23H15NO. The molecule has 0 bridgehead atoms. The first-order valence-electron chi connectivity index (χ1n) is 8.31. The molecule has 2 nitrogen and oxygen atoms in total. The van der Waals surface area contributed by atoms with Crippen molar-refractivity contribution in [3.63, 3.8) is 0 Å². The Labute approximate surface area is 145 Å². The van der Waals surface area contributed by atoms with Gasteiger partial charge in [-0.15, -0.1) is 0 Å². The number of fused-ring (bicyclic) bond motifs is 3. The molecule has 0 atom stereocenters. The fourth-order valence-corrected chi connectivity index (χ4v) is 3.30. The molecule has 0 aliphatic heterocycles. The fourth-order valence-electron chi connectivity index (χ4n) is 3.30. The van der Waals surface area contributed by atoms with Gasteiger partial charge in [0.2, 0.25) is 0 Å². The predicted molar refractivity (Wildman–Crippen MR) is 102 cm³/mol. The maximum absolute atomic E-state index is 6.02. The van der Waals surface area contributed by atoms with Crippen LogP contribution in [0.4, 0.5) is 0 Å². The van der Waals surface area contributed by atoms with Crippen LogP contribution in [0.5, 0.6) is 0 Å². The molecule has 25 heavy (non-hydrogen) atoms. The highest BCUT2D eigenvalue weighted by molar-refractivity contribution is 6.07.